The molecule has 166 valence electrons. The summed E-state index contributed by atoms with van der Waals surface area (Å²) < 4.78 is 43.8. The third kappa shape index (κ3) is 6.74. The maximum Gasteiger partial charge on any atom is 0.437 e. The van der Waals surface area contributed by atoms with Crippen molar-refractivity contribution in [2.24, 2.45) is 0 Å². The number of rotatable bonds is 9. The zero-order chi connectivity index (χ0) is 22.1. The topological polar surface area (TPSA) is 75.4 Å². The van der Waals surface area contributed by atoms with E-state index in [0.717, 1.165) is 24.8 Å². The van der Waals surface area contributed by atoms with Gasteiger partial charge < -0.3 is 9.84 Å². The number of aromatic nitrogens is 1. The molecule has 0 spiro atoms. The summed E-state index contributed by atoms with van der Waals surface area (Å²) in [7, 11) is 0. The number of nitrogens with one attached hydrogen (secondary N) is 1. The van der Waals surface area contributed by atoms with E-state index in [1.54, 1.807) is 6.08 Å². The van der Waals surface area contributed by atoms with Crippen LogP contribution in [0.2, 0.25) is 0 Å². The fourth-order valence-corrected chi connectivity index (χ4v) is 3.23. The van der Waals surface area contributed by atoms with Crippen molar-refractivity contribution in [3.8, 4) is 0 Å². The molecule has 0 unspecified atom stereocenters. The number of carbonyl (C=O) groups is 2. The number of nitrogens with zero attached hydrogens (tertiary/aromatic N) is 2. The summed E-state index contributed by atoms with van der Waals surface area (Å²) in [6.07, 6.45) is 4.06. The number of hydrogen-bond donors (Lipinski definition) is 1. The van der Waals surface area contributed by atoms with E-state index in [1.807, 2.05) is 6.92 Å². The molecule has 0 aromatic carbocycles. The molecule has 2 heterocycles. The van der Waals surface area contributed by atoms with Crippen molar-refractivity contribution < 1.29 is 27.3 Å². The van der Waals surface area contributed by atoms with Crippen LogP contribution in [0.15, 0.2) is 16.2 Å². The number of halogens is 3. The molecule has 0 bridgehead atoms. The van der Waals surface area contributed by atoms with Gasteiger partial charge in [-0.25, -0.2) is 4.79 Å². The van der Waals surface area contributed by atoms with Crippen LogP contribution >= 0.6 is 0 Å². The van der Waals surface area contributed by atoms with Crippen LogP contribution < -0.4 is 16.0 Å². The smallest absolute Gasteiger partial charge is 0.356 e. The van der Waals surface area contributed by atoms with Crippen molar-refractivity contribution >= 4 is 24.6 Å². The second-order valence-electron chi connectivity index (χ2n) is 7.30. The molecule has 1 saturated heterocycles. The van der Waals surface area contributed by atoms with Crippen LogP contribution in [0.4, 0.5) is 18.0 Å². The number of alkyl halides is 3. The van der Waals surface area contributed by atoms with E-state index in [9.17, 15) is 22.8 Å². The summed E-state index contributed by atoms with van der Waals surface area (Å²) >= 11 is 0. The van der Waals surface area contributed by atoms with Gasteiger partial charge in [0.15, 0.2) is 11.1 Å². The minimum absolute atomic E-state index is 0.126. The van der Waals surface area contributed by atoms with E-state index in [4.69, 9.17) is 0 Å². The Morgan fingerprint density at radius 1 is 1.27 bits per heavy atom. The Labute approximate surface area is 173 Å². The number of amides is 3. The highest BCUT2D eigenvalue weighted by Gasteiger charge is 2.35. The Morgan fingerprint density at radius 3 is 2.70 bits per heavy atom. The molecule has 1 fully saturated rings. The minimum Gasteiger partial charge on any atom is -0.356 e. The molecule has 3 amide bonds. The van der Waals surface area contributed by atoms with Crippen LogP contribution in [-0.2, 0) is 11.0 Å². The van der Waals surface area contributed by atoms with Crippen LogP contribution in [0.3, 0.4) is 0 Å². The van der Waals surface area contributed by atoms with Crippen molar-refractivity contribution in [1.82, 2.24) is 15.4 Å². The van der Waals surface area contributed by atoms with Gasteiger partial charge in [0, 0.05) is 19.5 Å². The molecule has 1 aromatic heterocycles. The molecule has 0 radical (unpaired) electrons. The molecule has 6 nitrogen and oxygen atoms in total. The van der Waals surface area contributed by atoms with E-state index >= 15 is 0 Å². The first-order valence-corrected chi connectivity index (χ1v) is 10.2. The molecule has 0 atom stereocenters. The SMILES string of the molecule is C=c1onc(C(F)(F)F)/c1=C/C=C(\CCCC)CCCCN1C(=O)CCCNC1=O. The first-order chi connectivity index (χ1) is 14.2. The molecule has 2 rings (SSSR count). The first-order valence-electron chi connectivity index (χ1n) is 10.2. The molecule has 0 saturated carbocycles. The summed E-state index contributed by atoms with van der Waals surface area (Å²) in [6.45, 7) is 6.35. The van der Waals surface area contributed by atoms with Gasteiger partial charge in [-0.3, -0.25) is 9.69 Å². The molecular formula is C21H28F3N3O3. The Balaban J connectivity index is 2.04. The molecule has 1 aliphatic heterocycles. The van der Waals surface area contributed by atoms with Gasteiger partial charge in [-0.05, 0) is 44.6 Å². The minimum atomic E-state index is -4.61. The van der Waals surface area contributed by atoms with Gasteiger partial charge in [-0.2, -0.15) is 13.2 Å². The predicted octanol–water partition coefficient (Wildman–Crippen LogP) is 3.50. The molecule has 30 heavy (non-hydrogen) atoms. The van der Waals surface area contributed by atoms with Gasteiger partial charge in [-0.15, -0.1) is 0 Å². The van der Waals surface area contributed by atoms with Gasteiger partial charge in [0.1, 0.15) is 0 Å². The average molecular weight is 427 g/mol. The molecular weight excluding hydrogens is 399 g/mol. The fourth-order valence-electron chi connectivity index (χ4n) is 3.23. The fraction of sp³-hybridized carbons (Fsp3) is 0.571. The van der Waals surface area contributed by atoms with E-state index < -0.39 is 11.9 Å². The molecule has 1 N–H and O–H groups in total. The molecule has 1 aromatic rings. The number of carbonyl (C=O) groups excluding carboxylic acids is 2. The highest BCUT2D eigenvalue weighted by molar-refractivity contribution is 5.95. The predicted molar refractivity (Wildman–Crippen MR) is 107 cm³/mol. The Kier molecular flexibility index (Phi) is 8.68. The normalized spacial score (nSPS) is 16.7. The quantitative estimate of drug-likeness (QED) is 0.612. The number of unbranched alkanes of at least 4 members (excludes halogenated alkanes) is 2. The van der Waals surface area contributed by atoms with Crippen LogP contribution in [0.25, 0.3) is 12.7 Å². The van der Waals surface area contributed by atoms with E-state index in [1.165, 1.54) is 11.0 Å². The monoisotopic (exact) mass is 427 g/mol. The maximum atomic E-state index is 13.1. The summed E-state index contributed by atoms with van der Waals surface area (Å²) in [4.78, 5) is 25.2. The number of hydrogen-bond acceptors (Lipinski definition) is 4. The summed E-state index contributed by atoms with van der Waals surface area (Å²) in [5, 5.41) is 5.61. The van der Waals surface area contributed by atoms with E-state index in [2.05, 4.69) is 21.6 Å². The number of allylic oxidation sites excluding steroid dienone is 2. The maximum absolute atomic E-state index is 13.1. The number of imide groups is 1. The highest BCUT2D eigenvalue weighted by Crippen LogP contribution is 2.24. The van der Waals surface area contributed by atoms with Gasteiger partial charge in [0.05, 0.1) is 5.22 Å². The Morgan fingerprint density at radius 2 is 2.00 bits per heavy atom. The molecule has 0 aliphatic carbocycles. The lowest BCUT2D eigenvalue weighted by Gasteiger charge is -2.18. The van der Waals surface area contributed by atoms with Gasteiger partial charge in [-0.1, -0.05) is 36.7 Å². The standard InChI is InChI=1S/C21H28F3N3O3/c1-3-4-8-16(11-12-17-15(2)30-26-19(17)21(22,23)24)9-5-6-14-27-18(28)10-7-13-25-20(27)29/h11-12H,2-10,13-14H2,1H3,(H,25,29)/b16-11+,17-12+. The van der Waals surface area contributed by atoms with Crippen molar-refractivity contribution in [3.05, 3.63) is 28.0 Å². The van der Waals surface area contributed by atoms with Crippen molar-refractivity contribution in [3.63, 3.8) is 0 Å². The summed E-state index contributed by atoms with van der Waals surface area (Å²) in [5.74, 6) is -0.171. The lowest BCUT2D eigenvalue weighted by atomic mass is 10.0. The summed E-state index contributed by atoms with van der Waals surface area (Å²) in [6, 6.07) is -0.359. The Bertz CT molecular complexity index is 856. The third-order valence-corrected chi connectivity index (χ3v) is 4.93. The first kappa shape index (κ1) is 23.7. The average Bonchev–Trinajstić information content (AvgIpc) is 2.99. The highest BCUT2D eigenvalue weighted by atomic mass is 19.4. The van der Waals surface area contributed by atoms with Crippen LogP contribution in [-0.4, -0.2) is 35.1 Å². The second kappa shape index (κ2) is 11.0. The second-order valence-corrected chi connectivity index (χ2v) is 7.30. The van der Waals surface area contributed by atoms with E-state index in [-0.39, 0.29) is 22.6 Å². The Hall–Kier alpha value is -2.58. The van der Waals surface area contributed by atoms with Crippen molar-refractivity contribution in [2.75, 3.05) is 13.1 Å². The zero-order valence-electron chi connectivity index (χ0n) is 17.2. The van der Waals surface area contributed by atoms with Gasteiger partial charge in [0.25, 0.3) is 0 Å². The lowest BCUT2D eigenvalue weighted by Crippen LogP contribution is -2.41. The molecule has 9 heteroatoms. The van der Waals surface area contributed by atoms with Crippen LogP contribution in [0.1, 0.15) is 64.0 Å². The largest absolute Gasteiger partial charge is 0.437 e. The van der Waals surface area contributed by atoms with Gasteiger partial charge >= 0.3 is 12.2 Å². The zero-order valence-corrected chi connectivity index (χ0v) is 17.2. The van der Waals surface area contributed by atoms with Crippen molar-refractivity contribution in [1.29, 1.82) is 0 Å². The van der Waals surface area contributed by atoms with E-state index in [0.29, 0.717) is 45.2 Å². The van der Waals surface area contributed by atoms with Crippen LogP contribution in [0.5, 0.6) is 0 Å². The van der Waals surface area contributed by atoms with Gasteiger partial charge in [0.2, 0.25) is 5.91 Å². The third-order valence-electron chi connectivity index (χ3n) is 4.93. The lowest BCUT2D eigenvalue weighted by molar-refractivity contribution is -0.143. The van der Waals surface area contributed by atoms with Crippen molar-refractivity contribution in [2.45, 2.75) is 64.5 Å². The molecule has 1 aliphatic rings. The number of urea groups is 1. The summed E-state index contributed by atoms with van der Waals surface area (Å²) in [5.41, 5.74) is -0.208. The van der Waals surface area contributed by atoms with Crippen LogP contribution in [0, 0.1) is 0 Å².